The van der Waals surface area contributed by atoms with Gasteiger partial charge in [0.2, 0.25) is 0 Å². The molecule has 1 aliphatic rings. The number of hydrogen-bond donors (Lipinski definition) is 1. The van der Waals surface area contributed by atoms with Crippen LogP contribution in [0.15, 0.2) is 18.2 Å². The molecule has 1 fully saturated rings. The molecule has 1 aromatic carbocycles. The molecule has 1 unspecified atom stereocenters. The lowest BCUT2D eigenvalue weighted by Crippen LogP contribution is -2.31. The van der Waals surface area contributed by atoms with Crippen LogP contribution in [-0.2, 0) is 0 Å². The lowest BCUT2D eigenvalue weighted by atomic mass is 10.3. The van der Waals surface area contributed by atoms with Crippen molar-refractivity contribution >= 4 is 35.6 Å². The number of nitrogens with one attached hydrogen (secondary N) is 1. The Labute approximate surface area is 130 Å². The van der Waals surface area contributed by atoms with E-state index in [1.165, 1.54) is 6.42 Å². The van der Waals surface area contributed by atoms with E-state index in [2.05, 4.69) is 10.2 Å². The molecule has 0 bridgehead atoms. The van der Waals surface area contributed by atoms with Gasteiger partial charge >= 0.3 is 0 Å². The minimum absolute atomic E-state index is 0. The van der Waals surface area contributed by atoms with E-state index in [0.717, 1.165) is 19.6 Å². The quantitative estimate of drug-likeness (QED) is 0.900. The third-order valence-corrected chi connectivity index (χ3v) is 3.85. The van der Waals surface area contributed by atoms with Crippen molar-refractivity contribution in [2.24, 2.45) is 0 Å². The Morgan fingerprint density at radius 3 is 2.63 bits per heavy atom. The summed E-state index contributed by atoms with van der Waals surface area (Å²) >= 11 is 12.1. The smallest absolute Gasteiger partial charge is 0.156 e. The highest BCUT2D eigenvalue weighted by Gasteiger charge is 2.20. The van der Waals surface area contributed by atoms with E-state index in [1.807, 2.05) is 13.1 Å². The fourth-order valence-corrected chi connectivity index (χ4v) is 2.68. The van der Waals surface area contributed by atoms with Gasteiger partial charge in [0.1, 0.15) is 6.61 Å². The van der Waals surface area contributed by atoms with E-state index in [9.17, 15) is 0 Å². The van der Waals surface area contributed by atoms with Crippen LogP contribution in [-0.4, -0.2) is 44.2 Å². The highest BCUT2D eigenvalue weighted by Crippen LogP contribution is 2.32. The largest absolute Gasteiger partial charge is 0.489 e. The molecule has 0 saturated carbocycles. The molecule has 0 aliphatic carbocycles. The monoisotopic (exact) mass is 324 g/mol. The van der Waals surface area contributed by atoms with Crippen LogP contribution in [0.1, 0.15) is 6.42 Å². The third-order valence-electron chi connectivity index (χ3n) is 3.25. The zero-order chi connectivity index (χ0) is 13.0. The van der Waals surface area contributed by atoms with E-state index in [0.29, 0.717) is 28.4 Å². The maximum Gasteiger partial charge on any atom is 0.156 e. The van der Waals surface area contributed by atoms with Crippen LogP contribution in [0.3, 0.4) is 0 Å². The second-order valence-electron chi connectivity index (χ2n) is 4.47. The molecular weight excluding hydrogens is 307 g/mol. The van der Waals surface area contributed by atoms with Crippen LogP contribution in [0, 0.1) is 0 Å². The summed E-state index contributed by atoms with van der Waals surface area (Å²) in [5.74, 6) is 0.588. The van der Waals surface area contributed by atoms with Gasteiger partial charge in [-0.05, 0) is 32.1 Å². The van der Waals surface area contributed by atoms with Crippen molar-refractivity contribution in [2.75, 3.05) is 33.3 Å². The number of benzene rings is 1. The van der Waals surface area contributed by atoms with Gasteiger partial charge in [0.15, 0.2) is 5.75 Å². The highest BCUT2D eigenvalue weighted by molar-refractivity contribution is 6.37. The van der Waals surface area contributed by atoms with E-state index in [-0.39, 0.29) is 12.4 Å². The molecule has 0 radical (unpaired) electrons. The summed E-state index contributed by atoms with van der Waals surface area (Å²) in [6, 6.07) is 6.00. The Bertz CT molecular complexity index is 383. The van der Waals surface area contributed by atoms with Crippen LogP contribution in [0.2, 0.25) is 10.0 Å². The maximum absolute atomic E-state index is 6.04. The van der Waals surface area contributed by atoms with Crippen molar-refractivity contribution in [2.45, 2.75) is 12.5 Å². The summed E-state index contributed by atoms with van der Waals surface area (Å²) in [5, 5.41) is 4.43. The van der Waals surface area contributed by atoms with Crippen LogP contribution in [0.4, 0.5) is 0 Å². The lowest BCUT2D eigenvalue weighted by molar-refractivity contribution is 0.235. The minimum Gasteiger partial charge on any atom is -0.489 e. The van der Waals surface area contributed by atoms with Gasteiger partial charge in [-0.3, -0.25) is 4.90 Å². The van der Waals surface area contributed by atoms with Crippen LogP contribution in [0.25, 0.3) is 0 Å². The van der Waals surface area contributed by atoms with E-state index < -0.39 is 0 Å². The molecule has 19 heavy (non-hydrogen) atoms. The third kappa shape index (κ3) is 4.69. The molecule has 0 amide bonds. The number of hydrogen-bond acceptors (Lipinski definition) is 3. The standard InChI is InChI=1S/C13H18Cl2N2O.ClH/c1-16-10-5-6-17(9-10)7-8-18-13-11(14)3-2-4-12(13)15;/h2-4,10,16H,5-9H2,1H3;1H. The van der Waals surface area contributed by atoms with Crippen molar-refractivity contribution in [3.63, 3.8) is 0 Å². The predicted octanol–water partition coefficient (Wildman–Crippen LogP) is 3.09. The SMILES string of the molecule is CNC1CCN(CCOc2c(Cl)cccc2Cl)C1.Cl. The maximum atomic E-state index is 6.04. The topological polar surface area (TPSA) is 24.5 Å². The first-order valence-corrected chi connectivity index (χ1v) is 6.92. The lowest BCUT2D eigenvalue weighted by Gasteiger charge is -2.17. The Balaban J connectivity index is 0.00000180. The molecule has 1 aromatic rings. The first-order chi connectivity index (χ1) is 8.70. The van der Waals surface area contributed by atoms with Crippen LogP contribution >= 0.6 is 35.6 Å². The zero-order valence-corrected chi connectivity index (χ0v) is 13.2. The summed E-state index contributed by atoms with van der Waals surface area (Å²) in [6.45, 7) is 3.71. The normalized spacial score (nSPS) is 19.2. The number of rotatable bonds is 5. The minimum atomic E-state index is 0. The molecule has 6 heteroatoms. The predicted molar refractivity (Wildman–Crippen MR) is 83.1 cm³/mol. The van der Waals surface area contributed by atoms with Gasteiger partial charge in [-0.25, -0.2) is 0 Å². The zero-order valence-electron chi connectivity index (χ0n) is 10.9. The highest BCUT2D eigenvalue weighted by atomic mass is 35.5. The number of likely N-dealkylation sites (tertiary alicyclic amines) is 1. The van der Waals surface area contributed by atoms with Gasteiger partial charge in [0.25, 0.3) is 0 Å². The Kier molecular flexibility index (Phi) is 7.26. The van der Waals surface area contributed by atoms with E-state index in [1.54, 1.807) is 12.1 Å². The number of likely N-dealkylation sites (N-methyl/N-ethyl adjacent to an activating group) is 1. The van der Waals surface area contributed by atoms with Crippen molar-refractivity contribution in [1.82, 2.24) is 10.2 Å². The van der Waals surface area contributed by atoms with E-state index in [4.69, 9.17) is 27.9 Å². The molecule has 1 aliphatic heterocycles. The summed E-state index contributed by atoms with van der Waals surface area (Å²) < 4.78 is 5.67. The number of halogens is 3. The molecule has 2 rings (SSSR count). The van der Waals surface area contributed by atoms with Gasteiger partial charge in [-0.15, -0.1) is 12.4 Å². The summed E-state index contributed by atoms with van der Waals surface area (Å²) in [7, 11) is 2.01. The number of ether oxygens (including phenoxy) is 1. The van der Waals surface area contributed by atoms with Crippen molar-refractivity contribution in [3.05, 3.63) is 28.2 Å². The molecule has 108 valence electrons. The van der Waals surface area contributed by atoms with Crippen molar-refractivity contribution < 1.29 is 4.74 Å². The molecule has 1 atom stereocenters. The van der Waals surface area contributed by atoms with Crippen LogP contribution < -0.4 is 10.1 Å². The first-order valence-electron chi connectivity index (χ1n) is 6.17. The molecule has 1 heterocycles. The fraction of sp³-hybridized carbons (Fsp3) is 0.538. The Morgan fingerprint density at radius 1 is 1.37 bits per heavy atom. The van der Waals surface area contributed by atoms with Gasteiger partial charge in [-0.1, -0.05) is 29.3 Å². The Hall–Kier alpha value is -0.190. The second-order valence-corrected chi connectivity index (χ2v) is 5.29. The first kappa shape index (κ1) is 16.9. The molecule has 1 N–H and O–H groups in total. The summed E-state index contributed by atoms with van der Waals surface area (Å²) in [5.41, 5.74) is 0. The fourth-order valence-electron chi connectivity index (χ4n) is 2.17. The van der Waals surface area contributed by atoms with E-state index >= 15 is 0 Å². The number of para-hydroxylation sites is 1. The molecule has 0 aromatic heterocycles. The second kappa shape index (κ2) is 8.18. The molecule has 1 saturated heterocycles. The van der Waals surface area contributed by atoms with Gasteiger partial charge in [0, 0.05) is 19.1 Å². The summed E-state index contributed by atoms with van der Waals surface area (Å²) in [4.78, 5) is 2.38. The van der Waals surface area contributed by atoms with Crippen LogP contribution in [0.5, 0.6) is 5.75 Å². The molecule has 3 nitrogen and oxygen atoms in total. The average molecular weight is 326 g/mol. The molecule has 0 spiro atoms. The van der Waals surface area contributed by atoms with Gasteiger partial charge in [-0.2, -0.15) is 0 Å². The van der Waals surface area contributed by atoms with Gasteiger partial charge < -0.3 is 10.1 Å². The van der Waals surface area contributed by atoms with Crippen molar-refractivity contribution in [1.29, 1.82) is 0 Å². The number of nitrogens with zero attached hydrogens (tertiary/aromatic N) is 1. The van der Waals surface area contributed by atoms with Gasteiger partial charge in [0.05, 0.1) is 10.0 Å². The average Bonchev–Trinajstić information content (AvgIpc) is 2.81. The molecular formula is C13H19Cl3N2O. The Morgan fingerprint density at radius 2 is 2.05 bits per heavy atom. The summed E-state index contributed by atoms with van der Waals surface area (Å²) in [6.07, 6.45) is 1.20. The van der Waals surface area contributed by atoms with Crippen molar-refractivity contribution in [3.8, 4) is 5.75 Å².